The Morgan fingerprint density at radius 1 is 1.21 bits per heavy atom. The van der Waals surface area contributed by atoms with Gasteiger partial charge in [0.25, 0.3) is 0 Å². The summed E-state index contributed by atoms with van der Waals surface area (Å²) in [6.07, 6.45) is 1.38. The van der Waals surface area contributed by atoms with Gasteiger partial charge in [0.1, 0.15) is 0 Å². The van der Waals surface area contributed by atoms with Crippen LogP contribution < -0.4 is 0 Å². The third-order valence-electron chi connectivity index (χ3n) is 4.31. The van der Waals surface area contributed by atoms with Crippen molar-refractivity contribution in [1.82, 2.24) is 15.0 Å². The Labute approximate surface area is 141 Å². The molecule has 1 aromatic heterocycles. The van der Waals surface area contributed by atoms with Gasteiger partial charge in [-0.3, -0.25) is 4.79 Å². The molecule has 6 nitrogen and oxygen atoms in total. The first-order valence-corrected chi connectivity index (χ1v) is 8.42. The summed E-state index contributed by atoms with van der Waals surface area (Å²) in [5.41, 5.74) is 3.01. The van der Waals surface area contributed by atoms with Crippen LogP contribution in [0.15, 0.2) is 24.3 Å². The number of aryl methyl sites for hydroxylation is 1. The Morgan fingerprint density at radius 2 is 1.96 bits per heavy atom. The first-order chi connectivity index (χ1) is 11.6. The van der Waals surface area contributed by atoms with E-state index >= 15 is 0 Å². The van der Waals surface area contributed by atoms with Crippen LogP contribution in [0.4, 0.5) is 4.79 Å². The van der Waals surface area contributed by atoms with Crippen LogP contribution in [0.25, 0.3) is 10.9 Å². The van der Waals surface area contributed by atoms with Gasteiger partial charge in [0.05, 0.1) is 13.0 Å². The molecular formula is C18H23N3O3. The van der Waals surface area contributed by atoms with Crippen molar-refractivity contribution in [3.8, 4) is 0 Å². The fourth-order valence-corrected chi connectivity index (χ4v) is 3.13. The number of aromatic nitrogens is 1. The van der Waals surface area contributed by atoms with E-state index < -0.39 is 6.09 Å². The number of rotatable bonds is 4. The highest BCUT2D eigenvalue weighted by Gasteiger charge is 2.32. The topological polar surface area (TPSA) is 65.6 Å². The number of amides is 2. The van der Waals surface area contributed by atoms with Crippen LogP contribution in [0.2, 0.25) is 0 Å². The molecule has 0 aliphatic carbocycles. The van der Waals surface area contributed by atoms with Crippen LogP contribution in [0.1, 0.15) is 31.0 Å². The Kier molecular flexibility index (Phi) is 4.74. The lowest BCUT2D eigenvalue weighted by Crippen LogP contribution is -2.45. The van der Waals surface area contributed by atoms with Crippen molar-refractivity contribution >= 4 is 22.9 Å². The molecule has 2 amide bonds. The predicted octanol–water partition coefficient (Wildman–Crippen LogP) is 3.01. The van der Waals surface area contributed by atoms with Crippen LogP contribution in [-0.4, -0.2) is 46.7 Å². The van der Waals surface area contributed by atoms with E-state index in [2.05, 4.69) is 4.98 Å². The molecule has 128 valence electrons. The summed E-state index contributed by atoms with van der Waals surface area (Å²) >= 11 is 0. The summed E-state index contributed by atoms with van der Waals surface area (Å²) in [7, 11) is 0. The number of aromatic amines is 1. The molecule has 2 aromatic rings. The highest BCUT2D eigenvalue weighted by molar-refractivity contribution is 5.90. The minimum Gasteiger partial charge on any atom is -0.448 e. The number of nitrogens with one attached hydrogen (secondary N) is 1. The fraction of sp³-hybridized carbons (Fsp3) is 0.444. The van der Waals surface area contributed by atoms with Crippen LogP contribution in [0.3, 0.4) is 0 Å². The quantitative estimate of drug-likeness (QED) is 0.938. The molecule has 1 aromatic carbocycles. The number of H-pyrrole nitrogens is 1. The predicted molar refractivity (Wildman–Crippen MR) is 91.4 cm³/mol. The Bertz CT molecular complexity index is 753. The van der Waals surface area contributed by atoms with Gasteiger partial charge in [-0.25, -0.2) is 14.8 Å². The molecule has 0 atom stereocenters. The molecule has 1 N–H and O–H groups in total. The Balaban J connectivity index is 1.76. The van der Waals surface area contributed by atoms with Crippen LogP contribution in [0, 0.1) is 6.92 Å². The third kappa shape index (κ3) is 3.09. The second-order valence-corrected chi connectivity index (χ2v) is 6.06. The van der Waals surface area contributed by atoms with E-state index in [9.17, 15) is 9.59 Å². The van der Waals surface area contributed by atoms with Crippen molar-refractivity contribution in [1.29, 1.82) is 0 Å². The van der Waals surface area contributed by atoms with E-state index in [4.69, 9.17) is 4.74 Å². The average Bonchev–Trinajstić information content (AvgIpc) is 3.18. The summed E-state index contributed by atoms with van der Waals surface area (Å²) in [6, 6.07) is 7.95. The number of para-hydroxylation sites is 1. The first kappa shape index (κ1) is 16.4. The largest absolute Gasteiger partial charge is 0.448 e. The molecule has 0 spiro atoms. The van der Waals surface area contributed by atoms with Gasteiger partial charge in [0, 0.05) is 29.7 Å². The maximum absolute atomic E-state index is 12.8. The Hall–Kier alpha value is -2.50. The van der Waals surface area contributed by atoms with Crippen molar-refractivity contribution in [2.75, 3.05) is 19.7 Å². The van der Waals surface area contributed by atoms with Gasteiger partial charge >= 0.3 is 6.09 Å². The zero-order valence-corrected chi connectivity index (χ0v) is 14.2. The maximum Gasteiger partial charge on any atom is 0.428 e. The molecule has 0 radical (unpaired) electrons. The van der Waals surface area contributed by atoms with Crippen LogP contribution in [0.5, 0.6) is 0 Å². The minimum absolute atomic E-state index is 0.0752. The van der Waals surface area contributed by atoms with Gasteiger partial charge in [-0.2, -0.15) is 0 Å². The van der Waals surface area contributed by atoms with E-state index in [0.29, 0.717) is 19.7 Å². The van der Waals surface area contributed by atoms with Crippen molar-refractivity contribution in [3.05, 3.63) is 35.5 Å². The molecule has 6 heteroatoms. The molecule has 0 unspecified atom stereocenters. The summed E-state index contributed by atoms with van der Waals surface area (Å²) in [4.78, 5) is 28.2. The van der Waals surface area contributed by atoms with Crippen molar-refractivity contribution in [2.24, 2.45) is 0 Å². The van der Waals surface area contributed by atoms with E-state index in [0.717, 1.165) is 35.0 Å². The van der Waals surface area contributed by atoms with E-state index in [1.165, 1.54) is 10.0 Å². The summed E-state index contributed by atoms with van der Waals surface area (Å²) in [5, 5.41) is 4.02. The zero-order chi connectivity index (χ0) is 17.1. The minimum atomic E-state index is -0.432. The fourth-order valence-electron chi connectivity index (χ4n) is 3.13. The van der Waals surface area contributed by atoms with Gasteiger partial charge < -0.3 is 9.72 Å². The third-order valence-corrected chi connectivity index (χ3v) is 4.31. The number of hydrogen-bond acceptors (Lipinski definition) is 3. The van der Waals surface area contributed by atoms with Crippen molar-refractivity contribution in [2.45, 2.75) is 33.1 Å². The number of ether oxygens (including phenoxy) is 1. The molecule has 1 aliphatic heterocycles. The number of carbonyl (C=O) groups excluding carboxylic acids is 2. The number of benzene rings is 1. The monoisotopic (exact) mass is 329 g/mol. The van der Waals surface area contributed by atoms with E-state index in [-0.39, 0.29) is 12.3 Å². The molecule has 0 bridgehead atoms. The number of carbonyl (C=O) groups is 2. The molecule has 3 rings (SSSR count). The number of hydrazine groups is 1. The Morgan fingerprint density at radius 3 is 2.75 bits per heavy atom. The number of fused-ring (bicyclic) bond motifs is 1. The SMILES string of the molecule is CCCOC(=O)N1CCCN1C(=O)Cc1c(C)[nH]c2ccccc12. The van der Waals surface area contributed by atoms with Crippen molar-refractivity contribution in [3.63, 3.8) is 0 Å². The lowest BCUT2D eigenvalue weighted by Gasteiger charge is -2.27. The summed E-state index contributed by atoms with van der Waals surface area (Å²) in [5.74, 6) is -0.0752. The average molecular weight is 329 g/mol. The van der Waals surface area contributed by atoms with E-state index in [1.807, 2.05) is 38.1 Å². The van der Waals surface area contributed by atoms with Crippen molar-refractivity contribution < 1.29 is 14.3 Å². The molecule has 1 fully saturated rings. The van der Waals surface area contributed by atoms with Crippen LogP contribution in [-0.2, 0) is 16.0 Å². The first-order valence-electron chi connectivity index (χ1n) is 8.42. The van der Waals surface area contributed by atoms with E-state index in [1.54, 1.807) is 0 Å². The zero-order valence-electron chi connectivity index (χ0n) is 14.2. The summed E-state index contributed by atoms with van der Waals surface area (Å²) < 4.78 is 5.17. The van der Waals surface area contributed by atoms with Gasteiger partial charge in [-0.1, -0.05) is 25.1 Å². The molecule has 2 heterocycles. The summed E-state index contributed by atoms with van der Waals surface area (Å²) in [6.45, 7) is 5.38. The van der Waals surface area contributed by atoms with Gasteiger partial charge in [-0.05, 0) is 31.4 Å². The number of nitrogens with zero attached hydrogens (tertiary/aromatic N) is 2. The van der Waals surface area contributed by atoms with Crippen LogP contribution >= 0.6 is 0 Å². The maximum atomic E-state index is 12.8. The highest BCUT2D eigenvalue weighted by Crippen LogP contribution is 2.24. The normalized spacial score (nSPS) is 14.4. The smallest absolute Gasteiger partial charge is 0.428 e. The lowest BCUT2D eigenvalue weighted by atomic mass is 10.1. The second kappa shape index (κ2) is 6.95. The lowest BCUT2D eigenvalue weighted by molar-refractivity contribution is -0.140. The molecule has 24 heavy (non-hydrogen) atoms. The molecule has 1 saturated heterocycles. The van der Waals surface area contributed by atoms with Gasteiger partial charge in [-0.15, -0.1) is 0 Å². The molecular weight excluding hydrogens is 306 g/mol. The molecule has 0 saturated carbocycles. The number of hydrogen-bond donors (Lipinski definition) is 1. The van der Waals surface area contributed by atoms with Gasteiger partial charge in [0.15, 0.2) is 0 Å². The van der Waals surface area contributed by atoms with Gasteiger partial charge in [0.2, 0.25) is 5.91 Å². The molecule has 1 aliphatic rings. The second-order valence-electron chi connectivity index (χ2n) is 6.06. The standard InChI is InChI=1S/C18H23N3O3/c1-3-11-24-18(23)21-10-6-9-20(21)17(22)12-15-13(2)19-16-8-5-4-7-14(15)16/h4-5,7-8,19H,3,6,9-12H2,1-2H3. The highest BCUT2D eigenvalue weighted by atomic mass is 16.6.